The van der Waals surface area contributed by atoms with E-state index in [1.807, 2.05) is 26.0 Å². The summed E-state index contributed by atoms with van der Waals surface area (Å²) in [5.74, 6) is -0.320. The number of benzene rings is 2. The maximum absolute atomic E-state index is 12.1. The normalized spacial score (nSPS) is 10.2. The number of hydrogen-bond donors (Lipinski definition) is 3. The van der Waals surface area contributed by atoms with Crippen molar-refractivity contribution >= 4 is 40.5 Å². The van der Waals surface area contributed by atoms with Crippen molar-refractivity contribution in [3.05, 3.63) is 52.5 Å². The maximum Gasteiger partial charge on any atom is 0.243 e. The predicted octanol–water partition coefficient (Wildman–Crippen LogP) is 3.97. The zero-order valence-corrected chi connectivity index (χ0v) is 14.6. The summed E-state index contributed by atoms with van der Waals surface area (Å²) in [5.41, 5.74) is 4.17. The van der Waals surface area contributed by atoms with Crippen molar-refractivity contribution in [1.29, 1.82) is 0 Å². The number of aryl methyl sites for hydroxylation is 2. The molecule has 0 fully saturated rings. The van der Waals surface area contributed by atoms with E-state index in [1.165, 1.54) is 6.92 Å². The molecule has 0 atom stereocenters. The summed E-state index contributed by atoms with van der Waals surface area (Å²) in [6.45, 7) is 5.47. The van der Waals surface area contributed by atoms with Crippen molar-refractivity contribution in [3.8, 4) is 0 Å². The molecule has 0 saturated heterocycles. The summed E-state index contributed by atoms with van der Waals surface area (Å²) < 4.78 is 0. The van der Waals surface area contributed by atoms with E-state index in [2.05, 4.69) is 16.0 Å². The van der Waals surface area contributed by atoms with Crippen LogP contribution < -0.4 is 16.0 Å². The Labute approximate surface area is 146 Å². The minimum atomic E-state index is -0.182. The summed E-state index contributed by atoms with van der Waals surface area (Å²) in [6.07, 6.45) is 0. The first-order valence-corrected chi connectivity index (χ1v) is 7.91. The Morgan fingerprint density at radius 3 is 2.12 bits per heavy atom. The molecule has 2 aromatic rings. The van der Waals surface area contributed by atoms with Crippen LogP contribution in [0.15, 0.2) is 36.4 Å². The van der Waals surface area contributed by atoms with Crippen LogP contribution >= 0.6 is 11.6 Å². The first-order chi connectivity index (χ1) is 11.3. The number of halogens is 1. The van der Waals surface area contributed by atoms with Gasteiger partial charge >= 0.3 is 0 Å². The van der Waals surface area contributed by atoms with Crippen molar-refractivity contribution in [1.82, 2.24) is 0 Å². The zero-order valence-electron chi connectivity index (χ0n) is 13.9. The van der Waals surface area contributed by atoms with Gasteiger partial charge < -0.3 is 16.0 Å². The van der Waals surface area contributed by atoms with Crippen LogP contribution in [0.25, 0.3) is 0 Å². The van der Waals surface area contributed by atoms with Gasteiger partial charge in [0.2, 0.25) is 11.8 Å². The number of nitrogens with one attached hydrogen (secondary N) is 3. The van der Waals surface area contributed by atoms with Crippen LogP contribution in [0.3, 0.4) is 0 Å². The zero-order chi connectivity index (χ0) is 17.7. The van der Waals surface area contributed by atoms with Crippen LogP contribution in [0, 0.1) is 13.8 Å². The van der Waals surface area contributed by atoms with Gasteiger partial charge in [0.15, 0.2) is 0 Å². The van der Waals surface area contributed by atoms with Crippen molar-refractivity contribution in [2.45, 2.75) is 20.8 Å². The summed E-state index contributed by atoms with van der Waals surface area (Å²) >= 11 is 6.21. The van der Waals surface area contributed by atoms with Crippen LogP contribution in [-0.4, -0.2) is 18.4 Å². The Bertz CT molecular complexity index is 734. The van der Waals surface area contributed by atoms with Crippen molar-refractivity contribution in [2.75, 3.05) is 22.5 Å². The summed E-state index contributed by atoms with van der Waals surface area (Å²) in [5, 5.41) is 9.12. The third-order valence-electron chi connectivity index (χ3n) is 3.35. The molecule has 2 aromatic carbocycles. The number of amides is 2. The van der Waals surface area contributed by atoms with Crippen molar-refractivity contribution < 1.29 is 9.59 Å². The molecule has 0 aliphatic rings. The molecule has 3 N–H and O–H groups in total. The fraction of sp³-hybridized carbons (Fsp3) is 0.222. The summed E-state index contributed by atoms with van der Waals surface area (Å²) in [4.78, 5) is 23.0. The van der Waals surface area contributed by atoms with E-state index in [0.717, 1.165) is 16.8 Å². The van der Waals surface area contributed by atoms with Crippen LogP contribution in [0.4, 0.5) is 17.1 Å². The lowest BCUT2D eigenvalue weighted by Crippen LogP contribution is -2.22. The fourth-order valence-electron chi connectivity index (χ4n) is 2.35. The smallest absolute Gasteiger partial charge is 0.243 e. The molecule has 2 amide bonds. The molecule has 0 aromatic heterocycles. The largest absolute Gasteiger partial charge is 0.375 e. The monoisotopic (exact) mass is 345 g/mol. The highest BCUT2D eigenvalue weighted by Gasteiger charge is 2.08. The van der Waals surface area contributed by atoms with Gasteiger partial charge in [0.25, 0.3) is 0 Å². The van der Waals surface area contributed by atoms with E-state index < -0.39 is 0 Å². The van der Waals surface area contributed by atoms with E-state index >= 15 is 0 Å². The third-order valence-corrected chi connectivity index (χ3v) is 3.64. The average molecular weight is 346 g/mol. The molecule has 0 saturated carbocycles. The maximum atomic E-state index is 12.1. The second-order valence-corrected chi connectivity index (χ2v) is 6.01. The van der Waals surface area contributed by atoms with Crippen LogP contribution in [-0.2, 0) is 9.59 Å². The number of anilines is 3. The Kier molecular flexibility index (Phi) is 5.82. The highest BCUT2D eigenvalue weighted by molar-refractivity contribution is 6.33. The number of rotatable bonds is 5. The highest BCUT2D eigenvalue weighted by Crippen LogP contribution is 2.27. The Morgan fingerprint density at radius 1 is 1.00 bits per heavy atom. The number of hydrogen-bond acceptors (Lipinski definition) is 3. The highest BCUT2D eigenvalue weighted by atomic mass is 35.5. The van der Waals surface area contributed by atoms with Gasteiger partial charge in [-0.1, -0.05) is 17.7 Å². The van der Waals surface area contributed by atoms with Crippen LogP contribution in [0.1, 0.15) is 18.1 Å². The second kappa shape index (κ2) is 7.84. The predicted molar refractivity (Wildman–Crippen MR) is 98.8 cm³/mol. The van der Waals surface area contributed by atoms with Crippen LogP contribution in [0.2, 0.25) is 5.02 Å². The minimum absolute atomic E-state index is 0.108. The summed E-state index contributed by atoms with van der Waals surface area (Å²) in [6, 6.07) is 10.8. The van der Waals surface area contributed by atoms with Gasteiger partial charge in [0.05, 0.1) is 17.3 Å². The lowest BCUT2D eigenvalue weighted by Gasteiger charge is -2.13. The van der Waals surface area contributed by atoms with Gasteiger partial charge in [-0.2, -0.15) is 0 Å². The molecule has 2 rings (SSSR count). The van der Waals surface area contributed by atoms with E-state index in [9.17, 15) is 9.59 Å². The first-order valence-electron chi connectivity index (χ1n) is 7.53. The van der Waals surface area contributed by atoms with Crippen molar-refractivity contribution in [3.63, 3.8) is 0 Å². The number of carbonyl (C=O) groups is 2. The minimum Gasteiger partial charge on any atom is -0.375 e. The van der Waals surface area contributed by atoms with E-state index in [-0.39, 0.29) is 18.4 Å². The lowest BCUT2D eigenvalue weighted by atomic mass is 10.1. The Morgan fingerprint density at radius 2 is 1.58 bits per heavy atom. The van der Waals surface area contributed by atoms with Gasteiger partial charge in [-0.25, -0.2) is 0 Å². The van der Waals surface area contributed by atoms with Gasteiger partial charge in [-0.3, -0.25) is 9.59 Å². The average Bonchev–Trinajstić information content (AvgIpc) is 2.47. The molecule has 0 spiro atoms. The third kappa shape index (κ3) is 4.99. The SMILES string of the molecule is CC(=O)Nc1ccc(NC(=O)CNc2c(C)cc(C)cc2Cl)cc1. The molecular formula is C18H20ClN3O2. The van der Waals surface area contributed by atoms with Gasteiger partial charge in [-0.05, 0) is 55.3 Å². The van der Waals surface area contributed by atoms with Gasteiger partial charge in [0, 0.05) is 18.3 Å². The van der Waals surface area contributed by atoms with Crippen LogP contribution in [0.5, 0.6) is 0 Å². The molecule has 0 aliphatic carbocycles. The second-order valence-electron chi connectivity index (χ2n) is 5.60. The topological polar surface area (TPSA) is 70.2 Å². The standard InChI is InChI=1S/C18H20ClN3O2/c1-11-8-12(2)18(16(19)9-11)20-10-17(24)22-15-6-4-14(5-7-15)21-13(3)23/h4-9,20H,10H2,1-3H3,(H,21,23)(H,22,24). The molecule has 0 bridgehead atoms. The molecule has 126 valence electrons. The molecule has 0 unspecified atom stereocenters. The molecular weight excluding hydrogens is 326 g/mol. The summed E-state index contributed by atoms with van der Waals surface area (Å²) in [7, 11) is 0. The fourth-order valence-corrected chi connectivity index (χ4v) is 2.74. The molecule has 0 radical (unpaired) electrons. The Balaban J connectivity index is 1.93. The molecule has 6 heteroatoms. The van der Waals surface area contributed by atoms with Gasteiger partial charge in [-0.15, -0.1) is 0 Å². The first kappa shape index (κ1) is 17.8. The van der Waals surface area contributed by atoms with Gasteiger partial charge in [0.1, 0.15) is 0 Å². The quantitative estimate of drug-likeness (QED) is 0.768. The van der Waals surface area contributed by atoms with E-state index in [4.69, 9.17) is 11.6 Å². The molecule has 5 nitrogen and oxygen atoms in total. The molecule has 0 aliphatic heterocycles. The van der Waals surface area contributed by atoms with Crippen molar-refractivity contribution in [2.24, 2.45) is 0 Å². The van der Waals surface area contributed by atoms with E-state index in [1.54, 1.807) is 24.3 Å². The number of carbonyl (C=O) groups excluding carboxylic acids is 2. The lowest BCUT2D eigenvalue weighted by molar-refractivity contribution is -0.115. The Hall–Kier alpha value is -2.53. The molecule has 24 heavy (non-hydrogen) atoms. The van der Waals surface area contributed by atoms with E-state index in [0.29, 0.717) is 16.4 Å². The molecule has 0 heterocycles.